The lowest BCUT2D eigenvalue weighted by Crippen LogP contribution is -2.08. The van der Waals surface area contributed by atoms with Crippen LogP contribution < -0.4 is 0 Å². The molecule has 1 unspecified atom stereocenters. The van der Waals surface area contributed by atoms with Gasteiger partial charge in [-0.05, 0) is 37.0 Å². The third kappa shape index (κ3) is 3.88. The van der Waals surface area contributed by atoms with Crippen molar-refractivity contribution in [1.82, 2.24) is 0 Å². The molecule has 1 aliphatic carbocycles. The molecular weight excluding hydrogens is 267 g/mol. The molecule has 1 fully saturated rings. The molecule has 18 heavy (non-hydrogen) atoms. The molecule has 0 saturated heterocycles. The first-order valence-electron chi connectivity index (χ1n) is 6.80. The van der Waals surface area contributed by atoms with Crippen LogP contribution in [0.15, 0.2) is 18.2 Å². The van der Waals surface area contributed by atoms with Crippen LogP contribution in [0.1, 0.15) is 56.6 Å². The zero-order valence-electron chi connectivity index (χ0n) is 10.5. The zero-order chi connectivity index (χ0) is 13.0. The van der Waals surface area contributed by atoms with Crippen LogP contribution in [-0.4, -0.2) is 5.11 Å². The lowest BCUT2D eigenvalue weighted by Gasteiger charge is -2.23. The highest BCUT2D eigenvalue weighted by molar-refractivity contribution is 6.33. The molecule has 0 spiro atoms. The number of benzene rings is 1. The summed E-state index contributed by atoms with van der Waals surface area (Å²) >= 11 is 12.0. The average molecular weight is 287 g/mol. The van der Waals surface area contributed by atoms with Crippen molar-refractivity contribution in [2.24, 2.45) is 5.92 Å². The number of aliphatic hydroxyl groups excluding tert-OH is 1. The molecule has 0 aliphatic heterocycles. The normalized spacial score (nSPS) is 18.8. The van der Waals surface area contributed by atoms with Crippen LogP contribution in [0.2, 0.25) is 10.0 Å². The first kappa shape index (κ1) is 14.2. The Bertz CT molecular complexity index is 386. The van der Waals surface area contributed by atoms with Gasteiger partial charge in [-0.25, -0.2) is 0 Å². The van der Waals surface area contributed by atoms with Crippen LogP contribution in [0.3, 0.4) is 0 Å². The Morgan fingerprint density at radius 2 is 1.89 bits per heavy atom. The van der Waals surface area contributed by atoms with E-state index in [-0.39, 0.29) is 0 Å². The van der Waals surface area contributed by atoms with Gasteiger partial charge < -0.3 is 5.11 Å². The smallest absolute Gasteiger partial charge is 0.0805 e. The first-order chi connectivity index (χ1) is 8.66. The van der Waals surface area contributed by atoms with Gasteiger partial charge in [0.25, 0.3) is 0 Å². The van der Waals surface area contributed by atoms with E-state index in [1.165, 1.54) is 32.1 Å². The maximum atomic E-state index is 10.2. The van der Waals surface area contributed by atoms with E-state index in [2.05, 4.69) is 0 Å². The Morgan fingerprint density at radius 3 is 2.61 bits per heavy atom. The van der Waals surface area contributed by atoms with Crippen molar-refractivity contribution in [3.63, 3.8) is 0 Å². The fourth-order valence-corrected chi connectivity index (χ4v) is 3.22. The van der Waals surface area contributed by atoms with E-state index in [0.717, 1.165) is 24.3 Å². The minimum Gasteiger partial charge on any atom is -0.388 e. The third-order valence-corrected chi connectivity index (χ3v) is 4.47. The summed E-state index contributed by atoms with van der Waals surface area (Å²) < 4.78 is 0. The van der Waals surface area contributed by atoms with Crippen molar-refractivity contribution in [1.29, 1.82) is 0 Å². The van der Waals surface area contributed by atoms with Crippen LogP contribution >= 0.6 is 23.2 Å². The molecule has 1 N–H and O–H groups in total. The SMILES string of the molecule is OC(CCC1CCCCC1)c1cc(Cl)ccc1Cl. The highest BCUT2D eigenvalue weighted by Gasteiger charge is 2.17. The molecule has 0 radical (unpaired) electrons. The van der Waals surface area contributed by atoms with Gasteiger partial charge in [0.15, 0.2) is 0 Å². The first-order valence-corrected chi connectivity index (χ1v) is 7.55. The predicted octanol–water partition coefficient (Wildman–Crippen LogP) is 5.39. The van der Waals surface area contributed by atoms with Gasteiger partial charge in [0.05, 0.1) is 6.10 Å². The molecule has 1 aromatic carbocycles. The van der Waals surface area contributed by atoms with Gasteiger partial charge in [0, 0.05) is 15.6 Å². The molecule has 1 nitrogen and oxygen atoms in total. The van der Waals surface area contributed by atoms with Gasteiger partial charge in [-0.15, -0.1) is 0 Å². The second-order valence-corrected chi connectivity index (χ2v) is 6.11. The van der Waals surface area contributed by atoms with Crippen molar-refractivity contribution >= 4 is 23.2 Å². The molecule has 0 bridgehead atoms. The summed E-state index contributed by atoms with van der Waals surface area (Å²) in [6.45, 7) is 0. The van der Waals surface area contributed by atoms with Gasteiger partial charge in [0.1, 0.15) is 0 Å². The molecule has 0 aromatic heterocycles. The van der Waals surface area contributed by atoms with E-state index < -0.39 is 6.10 Å². The van der Waals surface area contributed by atoms with E-state index in [1.54, 1.807) is 18.2 Å². The van der Waals surface area contributed by atoms with Gasteiger partial charge in [-0.3, -0.25) is 0 Å². The fourth-order valence-electron chi connectivity index (χ4n) is 2.79. The predicted molar refractivity (Wildman–Crippen MR) is 77.2 cm³/mol. The maximum absolute atomic E-state index is 10.2. The quantitative estimate of drug-likeness (QED) is 0.787. The summed E-state index contributed by atoms with van der Waals surface area (Å²) in [5, 5.41) is 11.5. The molecule has 1 saturated carbocycles. The molecule has 1 aliphatic rings. The molecular formula is C15H20Cl2O. The third-order valence-electron chi connectivity index (χ3n) is 3.89. The summed E-state index contributed by atoms with van der Waals surface area (Å²) in [6, 6.07) is 5.28. The van der Waals surface area contributed by atoms with Crippen LogP contribution in [0.4, 0.5) is 0 Å². The second-order valence-electron chi connectivity index (χ2n) is 5.26. The standard InChI is InChI=1S/C15H20Cl2O/c16-12-7-8-14(17)13(10-12)15(18)9-6-11-4-2-1-3-5-11/h7-8,10-11,15,18H,1-6,9H2. The minimum absolute atomic E-state index is 0.488. The summed E-state index contributed by atoms with van der Waals surface area (Å²) in [6.07, 6.45) is 8.08. The number of halogens is 2. The Morgan fingerprint density at radius 1 is 1.17 bits per heavy atom. The Balaban J connectivity index is 1.90. The lowest BCUT2D eigenvalue weighted by atomic mass is 9.85. The molecule has 1 aromatic rings. The largest absolute Gasteiger partial charge is 0.388 e. The number of rotatable bonds is 4. The van der Waals surface area contributed by atoms with Crippen molar-refractivity contribution < 1.29 is 5.11 Å². The van der Waals surface area contributed by atoms with Crippen LogP contribution in [-0.2, 0) is 0 Å². The topological polar surface area (TPSA) is 20.2 Å². The van der Waals surface area contributed by atoms with E-state index in [1.807, 2.05) is 0 Å². The molecule has 100 valence electrons. The monoisotopic (exact) mass is 286 g/mol. The van der Waals surface area contributed by atoms with Crippen LogP contribution in [0.25, 0.3) is 0 Å². The van der Waals surface area contributed by atoms with E-state index in [4.69, 9.17) is 23.2 Å². The maximum Gasteiger partial charge on any atom is 0.0805 e. The minimum atomic E-state index is -0.488. The molecule has 1 atom stereocenters. The molecule has 0 heterocycles. The summed E-state index contributed by atoms with van der Waals surface area (Å²) in [5.41, 5.74) is 0.764. The van der Waals surface area contributed by atoms with Crippen molar-refractivity contribution in [2.75, 3.05) is 0 Å². The zero-order valence-corrected chi connectivity index (χ0v) is 12.1. The van der Waals surface area contributed by atoms with Crippen LogP contribution in [0, 0.1) is 5.92 Å². The Labute approximate surface area is 119 Å². The van der Waals surface area contributed by atoms with Gasteiger partial charge >= 0.3 is 0 Å². The van der Waals surface area contributed by atoms with Gasteiger partial charge in [0.2, 0.25) is 0 Å². The van der Waals surface area contributed by atoms with Crippen LogP contribution in [0.5, 0.6) is 0 Å². The fraction of sp³-hybridized carbons (Fsp3) is 0.600. The van der Waals surface area contributed by atoms with E-state index >= 15 is 0 Å². The second kappa shape index (κ2) is 6.79. The highest BCUT2D eigenvalue weighted by Crippen LogP contribution is 2.33. The Kier molecular flexibility index (Phi) is 5.35. The molecule has 0 amide bonds. The van der Waals surface area contributed by atoms with E-state index in [0.29, 0.717) is 10.0 Å². The van der Waals surface area contributed by atoms with E-state index in [9.17, 15) is 5.11 Å². The number of aliphatic hydroxyl groups is 1. The average Bonchev–Trinajstić information content (AvgIpc) is 2.40. The van der Waals surface area contributed by atoms with Gasteiger partial charge in [-0.2, -0.15) is 0 Å². The summed E-state index contributed by atoms with van der Waals surface area (Å²) in [4.78, 5) is 0. The number of hydrogen-bond acceptors (Lipinski definition) is 1. The summed E-state index contributed by atoms with van der Waals surface area (Å²) in [7, 11) is 0. The van der Waals surface area contributed by atoms with Gasteiger partial charge in [-0.1, -0.05) is 55.3 Å². The van der Waals surface area contributed by atoms with Crippen molar-refractivity contribution in [3.8, 4) is 0 Å². The summed E-state index contributed by atoms with van der Waals surface area (Å²) in [5.74, 6) is 0.784. The van der Waals surface area contributed by atoms with Crippen molar-refractivity contribution in [2.45, 2.75) is 51.0 Å². The Hall–Kier alpha value is -0.240. The van der Waals surface area contributed by atoms with Crippen molar-refractivity contribution in [3.05, 3.63) is 33.8 Å². The molecule has 3 heteroatoms. The highest BCUT2D eigenvalue weighted by atomic mass is 35.5. The molecule has 2 rings (SSSR count). The lowest BCUT2D eigenvalue weighted by molar-refractivity contribution is 0.151. The number of hydrogen-bond donors (Lipinski definition) is 1.